The van der Waals surface area contributed by atoms with Crippen molar-refractivity contribution >= 4 is 29.3 Å². The number of urea groups is 1. The Hall–Kier alpha value is -1.75. The fraction of sp³-hybridized carbons (Fsp3) is 0.200. The molecule has 0 heterocycles. The molecule has 5 N–H and O–H groups in total. The fourth-order valence-electron chi connectivity index (χ4n) is 1.35. The number of hydrogen-bond donors (Lipinski definition) is 4. The van der Waals surface area contributed by atoms with Gasteiger partial charge in [0.15, 0.2) is 0 Å². The van der Waals surface area contributed by atoms with Gasteiger partial charge in [0.1, 0.15) is 0 Å². The monoisotopic (exact) mass is 240 g/mol. The summed E-state index contributed by atoms with van der Waals surface area (Å²) in [5.74, 6) is -0.207. The van der Waals surface area contributed by atoms with Gasteiger partial charge in [0.2, 0.25) is 5.96 Å². The van der Waals surface area contributed by atoms with E-state index in [2.05, 4.69) is 10.6 Å². The van der Waals surface area contributed by atoms with Gasteiger partial charge in [0.25, 0.3) is 0 Å². The minimum atomic E-state index is -0.793. The third-order valence-electron chi connectivity index (χ3n) is 1.93. The molecule has 6 heteroatoms. The number of rotatable bonds is 1. The highest BCUT2D eigenvalue weighted by atomic mass is 35.5. The normalized spacial score (nSPS) is 9.69. The first-order valence-electron chi connectivity index (χ1n) is 4.59. The smallest absolute Gasteiger partial charge is 0.318 e. The highest BCUT2D eigenvalue weighted by Gasteiger charge is 2.07. The Labute approximate surface area is 98.5 Å². The molecule has 86 valence electrons. The van der Waals surface area contributed by atoms with E-state index in [1.165, 1.54) is 0 Å². The Kier molecular flexibility index (Phi) is 3.73. The van der Waals surface area contributed by atoms with E-state index >= 15 is 0 Å². The average Bonchev–Trinajstić information content (AvgIpc) is 2.09. The predicted octanol–water partition coefficient (Wildman–Crippen LogP) is 1.97. The fourth-order valence-corrected chi connectivity index (χ4v) is 1.72. The minimum Gasteiger partial charge on any atom is -0.351 e. The molecule has 0 saturated carbocycles. The predicted molar refractivity (Wildman–Crippen MR) is 65.0 cm³/mol. The van der Waals surface area contributed by atoms with Gasteiger partial charge in [0.05, 0.1) is 10.7 Å². The van der Waals surface area contributed by atoms with Crippen molar-refractivity contribution in [1.29, 1.82) is 5.41 Å². The van der Waals surface area contributed by atoms with Gasteiger partial charge in [0, 0.05) is 0 Å². The lowest BCUT2D eigenvalue weighted by Gasteiger charge is -2.12. The Balaban J connectivity index is 2.89. The molecule has 1 aromatic carbocycles. The number of hydrogen-bond acceptors (Lipinski definition) is 2. The number of anilines is 1. The molecule has 0 bridgehead atoms. The third-order valence-corrected chi connectivity index (χ3v) is 2.23. The van der Waals surface area contributed by atoms with E-state index < -0.39 is 6.03 Å². The molecule has 0 aliphatic heterocycles. The quantitative estimate of drug-likeness (QED) is 0.447. The minimum absolute atomic E-state index is 0.207. The van der Waals surface area contributed by atoms with Crippen LogP contribution in [0, 0.1) is 19.3 Å². The molecule has 1 aromatic rings. The summed E-state index contributed by atoms with van der Waals surface area (Å²) in [6.45, 7) is 3.79. The second-order valence-corrected chi connectivity index (χ2v) is 3.84. The Morgan fingerprint density at radius 1 is 1.44 bits per heavy atom. The van der Waals surface area contributed by atoms with Crippen LogP contribution in [0.25, 0.3) is 0 Å². The summed E-state index contributed by atoms with van der Waals surface area (Å²) in [6.07, 6.45) is 0. The molecule has 0 spiro atoms. The summed E-state index contributed by atoms with van der Waals surface area (Å²) in [5.41, 5.74) is 7.39. The summed E-state index contributed by atoms with van der Waals surface area (Å²) in [4.78, 5) is 10.5. The van der Waals surface area contributed by atoms with Crippen LogP contribution in [0.4, 0.5) is 10.5 Å². The van der Waals surface area contributed by atoms with Gasteiger partial charge in [-0.25, -0.2) is 4.79 Å². The zero-order chi connectivity index (χ0) is 12.3. The van der Waals surface area contributed by atoms with Crippen molar-refractivity contribution < 1.29 is 4.79 Å². The highest BCUT2D eigenvalue weighted by molar-refractivity contribution is 6.34. The highest BCUT2D eigenvalue weighted by Crippen LogP contribution is 2.26. The number of nitrogens with one attached hydrogen (secondary N) is 3. The van der Waals surface area contributed by atoms with Crippen LogP contribution in [0.1, 0.15) is 11.1 Å². The molecule has 0 fully saturated rings. The van der Waals surface area contributed by atoms with Crippen LogP contribution < -0.4 is 16.4 Å². The summed E-state index contributed by atoms with van der Waals surface area (Å²) < 4.78 is 0. The summed E-state index contributed by atoms with van der Waals surface area (Å²) in [6, 6.07) is 2.90. The SMILES string of the molecule is Cc1cc(C)c(NC(=N)NC(N)=O)c(Cl)c1. The maximum Gasteiger partial charge on any atom is 0.318 e. The summed E-state index contributed by atoms with van der Waals surface area (Å²) in [7, 11) is 0. The van der Waals surface area contributed by atoms with Gasteiger partial charge in [-0.05, 0) is 31.0 Å². The molecule has 5 nitrogen and oxygen atoms in total. The van der Waals surface area contributed by atoms with Crippen LogP contribution in [0.3, 0.4) is 0 Å². The average molecular weight is 241 g/mol. The lowest BCUT2D eigenvalue weighted by Crippen LogP contribution is -2.38. The first-order valence-corrected chi connectivity index (χ1v) is 4.96. The number of carbonyl (C=O) groups excluding carboxylic acids is 1. The topological polar surface area (TPSA) is 91.0 Å². The van der Waals surface area contributed by atoms with Gasteiger partial charge in [-0.2, -0.15) is 0 Å². The van der Waals surface area contributed by atoms with Crippen molar-refractivity contribution in [3.05, 3.63) is 28.3 Å². The first-order chi connectivity index (χ1) is 7.40. The van der Waals surface area contributed by atoms with E-state index in [0.717, 1.165) is 11.1 Å². The summed E-state index contributed by atoms with van der Waals surface area (Å²) in [5, 5.41) is 12.7. The molecule has 0 aliphatic rings. The van der Waals surface area contributed by atoms with E-state index in [1.807, 2.05) is 19.9 Å². The third kappa shape index (κ3) is 3.13. The van der Waals surface area contributed by atoms with Crippen LogP contribution in [0.15, 0.2) is 12.1 Å². The molecule has 0 aliphatic carbocycles. The van der Waals surface area contributed by atoms with Crippen LogP contribution in [-0.2, 0) is 0 Å². The molecule has 0 radical (unpaired) electrons. The maximum absolute atomic E-state index is 10.5. The van der Waals surface area contributed by atoms with Crippen LogP contribution in [-0.4, -0.2) is 12.0 Å². The Morgan fingerprint density at radius 3 is 2.56 bits per heavy atom. The van der Waals surface area contributed by atoms with Crippen LogP contribution in [0.2, 0.25) is 5.02 Å². The van der Waals surface area contributed by atoms with Gasteiger partial charge in [-0.3, -0.25) is 10.7 Å². The van der Waals surface area contributed by atoms with Crippen molar-refractivity contribution in [2.75, 3.05) is 5.32 Å². The number of amides is 2. The second kappa shape index (κ2) is 4.85. The number of halogens is 1. The molecule has 1 rings (SSSR count). The molecule has 0 unspecified atom stereocenters. The molecule has 0 saturated heterocycles. The van der Waals surface area contributed by atoms with Crippen LogP contribution in [0.5, 0.6) is 0 Å². The van der Waals surface area contributed by atoms with E-state index in [4.69, 9.17) is 22.7 Å². The van der Waals surface area contributed by atoms with Gasteiger partial charge >= 0.3 is 6.03 Å². The van der Waals surface area contributed by atoms with E-state index in [9.17, 15) is 4.79 Å². The molecular weight excluding hydrogens is 228 g/mol. The van der Waals surface area contributed by atoms with E-state index in [-0.39, 0.29) is 5.96 Å². The van der Waals surface area contributed by atoms with Crippen molar-refractivity contribution in [1.82, 2.24) is 5.32 Å². The molecule has 2 amide bonds. The first kappa shape index (κ1) is 12.3. The molecule has 0 atom stereocenters. The molecule has 16 heavy (non-hydrogen) atoms. The number of benzene rings is 1. The van der Waals surface area contributed by atoms with E-state index in [1.54, 1.807) is 6.07 Å². The molecular formula is C10H13ClN4O. The van der Waals surface area contributed by atoms with Crippen LogP contribution >= 0.6 is 11.6 Å². The van der Waals surface area contributed by atoms with E-state index in [0.29, 0.717) is 10.7 Å². The second-order valence-electron chi connectivity index (χ2n) is 3.43. The van der Waals surface area contributed by atoms with Crippen molar-refractivity contribution in [3.63, 3.8) is 0 Å². The Bertz CT molecular complexity index is 421. The van der Waals surface area contributed by atoms with Gasteiger partial charge < -0.3 is 11.1 Å². The Morgan fingerprint density at radius 2 is 2.06 bits per heavy atom. The zero-order valence-electron chi connectivity index (χ0n) is 9.02. The number of primary amides is 1. The number of nitrogens with two attached hydrogens (primary N) is 1. The number of aryl methyl sites for hydroxylation is 2. The van der Waals surface area contributed by atoms with Gasteiger partial charge in [-0.15, -0.1) is 0 Å². The largest absolute Gasteiger partial charge is 0.351 e. The maximum atomic E-state index is 10.5. The zero-order valence-corrected chi connectivity index (χ0v) is 9.77. The van der Waals surface area contributed by atoms with Crippen molar-refractivity contribution in [3.8, 4) is 0 Å². The van der Waals surface area contributed by atoms with Crippen molar-refractivity contribution in [2.24, 2.45) is 5.73 Å². The standard InChI is InChI=1S/C10H13ClN4O/c1-5-3-6(2)8(7(11)4-5)14-9(12)15-10(13)16/h3-4H,1-2H3,(H5,12,13,14,15,16). The lowest BCUT2D eigenvalue weighted by molar-refractivity contribution is 0.253. The van der Waals surface area contributed by atoms with Crippen molar-refractivity contribution in [2.45, 2.75) is 13.8 Å². The summed E-state index contributed by atoms with van der Waals surface area (Å²) >= 11 is 6.01. The number of carbonyl (C=O) groups is 1. The lowest BCUT2D eigenvalue weighted by atomic mass is 10.1. The molecule has 0 aromatic heterocycles. The van der Waals surface area contributed by atoms with Gasteiger partial charge in [-0.1, -0.05) is 17.7 Å². The number of guanidine groups is 1.